The Morgan fingerprint density at radius 2 is 2.15 bits per heavy atom. The first-order valence-corrected chi connectivity index (χ1v) is 10.3. The lowest BCUT2D eigenvalue weighted by molar-refractivity contribution is 0.336. The van der Waals surface area contributed by atoms with Crippen LogP contribution in [0.1, 0.15) is 31.7 Å². The van der Waals surface area contributed by atoms with E-state index < -0.39 is 0 Å². The van der Waals surface area contributed by atoms with Crippen molar-refractivity contribution in [2.24, 2.45) is 0 Å². The number of aromatic nitrogens is 4. The third-order valence-corrected chi connectivity index (χ3v) is 6.34. The van der Waals surface area contributed by atoms with Gasteiger partial charge >= 0.3 is 0 Å². The molecule has 3 aromatic rings. The van der Waals surface area contributed by atoms with Gasteiger partial charge in [-0.25, -0.2) is 15.0 Å². The highest BCUT2D eigenvalue weighted by Crippen LogP contribution is 2.32. The molecule has 7 heteroatoms. The number of aryl methyl sites for hydroxylation is 1. The third-order valence-electron chi connectivity index (χ3n) is 5.26. The second-order valence-corrected chi connectivity index (χ2v) is 7.97. The van der Waals surface area contributed by atoms with Crippen LogP contribution in [-0.4, -0.2) is 44.7 Å². The van der Waals surface area contributed by atoms with Gasteiger partial charge in [0, 0.05) is 44.1 Å². The highest BCUT2D eigenvalue weighted by molar-refractivity contribution is 7.18. The maximum atomic E-state index is 4.59. The summed E-state index contributed by atoms with van der Waals surface area (Å²) in [7, 11) is 0. The van der Waals surface area contributed by atoms with Gasteiger partial charge in [0.15, 0.2) is 0 Å². The van der Waals surface area contributed by atoms with Crippen LogP contribution in [0.15, 0.2) is 30.4 Å². The minimum atomic E-state index is 0.492. The summed E-state index contributed by atoms with van der Waals surface area (Å²) in [6.45, 7) is 7.44. The largest absolute Gasteiger partial charge is 0.355 e. The van der Waals surface area contributed by atoms with E-state index in [0.717, 1.165) is 50.2 Å². The van der Waals surface area contributed by atoms with Crippen molar-refractivity contribution in [1.82, 2.24) is 24.8 Å². The number of hydrogen-bond acceptors (Lipinski definition) is 6. The van der Waals surface area contributed by atoms with Gasteiger partial charge in [0.2, 0.25) is 0 Å². The molecule has 1 aliphatic heterocycles. The first-order chi connectivity index (χ1) is 12.7. The second kappa shape index (κ2) is 7.72. The number of rotatable bonds is 6. The molecule has 4 rings (SSSR count). The van der Waals surface area contributed by atoms with Crippen molar-refractivity contribution in [3.8, 4) is 0 Å². The highest BCUT2D eigenvalue weighted by atomic mass is 32.1. The van der Waals surface area contributed by atoms with Crippen molar-refractivity contribution in [1.29, 1.82) is 0 Å². The molecule has 0 aromatic carbocycles. The van der Waals surface area contributed by atoms with Crippen LogP contribution in [0.25, 0.3) is 10.2 Å². The number of anilines is 1. The van der Waals surface area contributed by atoms with E-state index >= 15 is 0 Å². The maximum Gasteiger partial charge on any atom is 0.150 e. The minimum Gasteiger partial charge on any atom is -0.355 e. The van der Waals surface area contributed by atoms with Gasteiger partial charge in [-0.05, 0) is 37.1 Å². The average Bonchev–Trinajstić information content (AvgIpc) is 3.32. The quantitative estimate of drug-likeness (QED) is 0.722. The molecule has 26 heavy (non-hydrogen) atoms. The third kappa shape index (κ3) is 3.59. The van der Waals surface area contributed by atoms with Crippen molar-refractivity contribution in [2.45, 2.75) is 51.7 Å². The summed E-state index contributed by atoms with van der Waals surface area (Å²) in [5.74, 6) is 1.11. The summed E-state index contributed by atoms with van der Waals surface area (Å²) in [6, 6.07) is 1.06. The molecule has 1 fully saturated rings. The first kappa shape index (κ1) is 17.4. The number of hydrogen-bond donors (Lipinski definition) is 1. The smallest absolute Gasteiger partial charge is 0.150 e. The predicted octanol–water partition coefficient (Wildman–Crippen LogP) is 3.23. The Labute approximate surface area is 158 Å². The Morgan fingerprint density at radius 1 is 1.31 bits per heavy atom. The Morgan fingerprint density at radius 3 is 2.88 bits per heavy atom. The molecule has 0 bridgehead atoms. The molecule has 0 spiro atoms. The topological polar surface area (TPSA) is 58.9 Å². The average molecular weight is 371 g/mol. The van der Waals surface area contributed by atoms with Gasteiger partial charge < -0.3 is 14.8 Å². The van der Waals surface area contributed by atoms with Crippen LogP contribution in [-0.2, 0) is 6.54 Å². The molecule has 0 amide bonds. The minimum absolute atomic E-state index is 0.492. The molecular weight excluding hydrogens is 344 g/mol. The van der Waals surface area contributed by atoms with E-state index in [2.05, 4.69) is 49.0 Å². The Bertz CT molecular complexity index is 835. The van der Waals surface area contributed by atoms with Crippen LogP contribution in [0, 0.1) is 6.92 Å². The zero-order chi connectivity index (χ0) is 17.9. The van der Waals surface area contributed by atoms with Crippen molar-refractivity contribution < 1.29 is 0 Å². The van der Waals surface area contributed by atoms with Gasteiger partial charge in [0.25, 0.3) is 0 Å². The first-order valence-electron chi connectivity index (χ1n) is 9.40. The van der Waals surface area contributed by atoms with Gasteiger partial charge in [0.05, 0.1) is 16.5 Å². The predicted molar refractivity (Wildman–Crippen MR) is 107 cm³/mol. The summed E-state index contributed by atoms with van der Waals surface area (Å²) in [5, 5.41) is 6.03. The summed E-state index contributed by atoms with van der Waals surface area (Å²) in [4.78, 5) is 15.6. The van der Waals surface area contributed by atoms with Crippen LogP contribution < -0.4 is 10.2 Å². The molecule has 4 heterocycles. The molecule has 1 N–H and O–H groups in total. The number of thiophene rings is 1. The van der Waals surface area contributed by atoms with Crippen LogP contribution in [0.2, 0.25) is 0 Å². The zero-order valence-corrected chi connectivity index (χ0v) is 16.2. The molecular formula is C19H26N6S. The monoisotopic (exact) mass is 370 g/mol. The van der Waals surface area contributed by atoms with E-state index in [1.165, 1.54) is 10.3 Å². The molecule has 0 aliphatic carbocycles. The van der Waals surface area contributed by atoms with E-state index in [0.29, 0.717) is 12.1 Å². The van der Waals surface area contributed by atoms with Crippen LogP contribution >= 0.6 is 11.3 Å². The summed E-state index contributed by atoms with van der Waals surface area (Å²) in [5.41, 5.74) is 2.35. The van der Waals surface area contributed by atoms with Crippen molar-refractivity contribution in [3.05, 3.63) is 36.0 Å². The summed E-state index contributed by atoms with van der Waals surface area (Å²) >= 11 is 1.76. The molecule has 6 nitrogen and oxygen atoms in total. The van der Waals surface area contributed by atoms with E-state index in [1.54, 1.807) is 17.7 Å². The van der Waals surface area contributed by atoms with Crippen molar-refractivity contribution >= 4 is 27.4 Å². The molecule has 0 radical (unpaired) electrons. The van der Waals surface area contributed by atoms with Gasteiger partial charge in [0.1, 0.15) is 12.1 Å². The standard InChI is InChI=1S/C19H26N6S/c1-3-15(10-24-9-6-20-13-24)23-16-4-7-25(8-5-16)19-18-17(21-12-22-19)14(2)11-26-18/h6,9,11-13,15-16,23H,3-5,7-8,10H2,1-2H3/t15-/m0/s1. The fraction of sp³-hybridized carbons (Fsp3) is 0.526. The van der Waals surface area contributed by atoms with E-state index in [4.69, 9.17) is 0 Å². The number of fused-ring (bicyclic) bond motifs is 1. The maximum absolute atomic E-state index is 4.59. The van der Waals surface area contributed by atoms with Gasteiger partial charge in [-0.3, -0.25) is 0 Å². The molecule has 3 aromatic heterocycles. The molecule has 1 saturated heterocycles. The Balaban J connectivity index is 1.37. The van der Waals surface area contributed by atoms with E-state index in [1.807, 2.05) is 18.7 Å². The van der Waals surface area contributed by atoms with Crippen molar-refractivity contribution in [2.75, 3.05) is 18.0 Å². The SMILES string of the molecule is CC[C@@H](Cn1ccnc1)NC1CCN(c2ncnc3c(C)csc23)CC1. The lowest BCUT2D eigenvalue weighted by Gasteiger charge is -2.35. The fourth-order valence-electron chi connectivity index (χ4n) is 3.72. The van der Waals surface area contributed by atoms with E-state index in [9.17, 15) is 0 Å². The number of nitrogens with one attached hydrogen (secondary N) is 1. The van der Waals surface area contributed by atoms with Gasteiger partial charge in [-0.2, -0.15) is 0 Å². The normalized spacial score (nSPS) is 17.1. The molecule has 1 atom stereocenters. The fourth-order valence-corrected chi connectivity index (χ4v) is 4.74. The van der Waals surface area contributed by atoms with Crippen LogP contribution in [0.4, 0.5) is 5.82 Å². The second-order valence-electron chi connectivity index (χ2n) is 7.09. The summed E-state index contributed by atoms with van der Waals surface area (Å²) < 4.78 is 3.38. The molecule has 138 valence electrons. The molecule has 1 aliphatic rings. The Kier molecular flexibility index (Phi) is 5.17. The molecule has 0 saturated carbocycles. The van der Waals surface area contributed by atoms with Crippen LogP contribution in [0.5, 0.6) is 0 Å². The van der Waals surface area contributed by atoms with Gasteiger partial charge in [-0.1, -0.05) is 6.92 Å². The Hall–Kier alpha value is -1.99. The number of nitrogens with zero attached hydrogens (tertiary/aromatic N) is 5. The van der Waals surface area contributed by atoms with Crippen LogP contribution in [0.3, 0.4) is 0 Å². The van der Waals surface area contributed by atoms with Crippen molar-refractivity contribution in [3.63, 3.8) is 0 Å². The van der Waals surface area contributed by atoms with E-state index in [-0.39, 0.29) is 0 Å². The number of piperidine rings is 1. The summed E-state index contributed by atoms with van der Waals surface area (Å²) in [6.07, 6.45) is 10.9. The number of imidazole rings is 1. The lowest BCUT2D eigenvalue weighted by atomic mass is 10.0. The lowest BCUT2D eigenvalue weighted by Crippen LogP contribution is -2.47. The molecule has 0 unspecified atom stereocenters. The zero-order valence-electron chi connectivity index (χ0n) is 15.4. The highest BCUT2D eigenvalue weighted by Gasteiger charge is 2.24. The van der Waals surface area contributed by atoms with Gasteiger partial charge in [-0.15, -0.1) is 11.3 Å².